The number of Topliss-reactive ketones (excluding diaryl/α,β-unsaturated/α-hetero) is 1. The lowest BCUT2D eigenvalue weighted by Crippen LogP contribution is -2.23. The van der Waals surface area contributed by atoms with Crippen molar-refractivity contribution in [3.05, 3.63) is 36.0 Å². The molecule has 1 nitrogen and oxygen atoms in total. The van der Waals surface area contributed by atoms with Gasteiger partial charge >= 0.3 is 6.18 Å². The van der Waals surface area contributed by atoms with Gasteiger partial charge in [0.2, 0.25) is 0 Å². The Balaban J connectivity index is 2.89. The standard InChI is InChI=1S/C9H7F3O/c10-9(11,12)8(13)7-5-3-1-2-4-6-7/h1,3-6H,2H2. The van der Waals surface area contributed by atoms with E-state index in [1.807, 2.05) is 0 Å². The van der Waals surface area contributed by atoms with E-state index in [0.717, 1.165) is 0 Å². The van der Waals surface area contributed by atoms with Crippen molar-refractivity contribution in [2.45, 2.75) is 12.6 Å². The normalized spacial score (nSPS) is 16.7. The summed E-state index contributed by atoms with van der Waals surface area (Å²) >= 11 is 0. The molecular weight excluding hydrogens is 181 g/mol. The Morgan fingerprint density at radius 3 is 2.62 bits per heavy atom. The summed E-state index contributed by atoms with van der Waals surface area (Å²) in [5.41, 5.74) is -0.318. The van der Waals surface area contributed by atoms with E-state index in [-0.39, 0.29) is 5.57 Å². The first-order chi connectivity index (χ1) is 6.02. The smallest absolute Gasteiger partial charge is 0.284 e. The van der Waals surface area contributed by atoms with Crippen LogP contribution in [0.1, 0.15) is 6.42 Å². The van der Waals surface area contributed by atoms with Gasteiger partial charge in [0.05, 0.1) is 0 Å². The molecule has 0 heterocycles. The predicted octanol–water partition coefficient (Wildman–Crippen LogP) is 2.56. The highest BCUT2D eigenvalue weighted by Crippen LogP contribution is 2.22. The first-order valence-electron chi connectivity index (χ1n) is 3.66. The van der Waals surface area contributed by atoms with Crippen LogP contribution in [0.5, 0.6) is 0 Å². The highest BCUT2D eigenvalue weighted by atomic mass is 19.4. The maximum atomic E-state index is 11.9. The number of ketones is 1. The van der Waals surface area contributed by atoms with Crippen LogP contribution in [0.2, 0.25) is 0 Å². The largest absolute Gasteiger partial charge is 0.454 e. The molecule has 0 aromatic carbocycles. The molecule has 70 valence electrons. The summed E-state index contributed by atoms with van der Waals surface area (Å²) in [5, 5.41) is 0. The monoisotopic (exact) mass is 188 g/mol. The third kappa shape index (κ3) is 2.57. The summed E-state index contributed by atoms with van der Waals surface area (Å²) in [5.74, 6) is -1.80. The van der Waals surface area contributed by atoms with Crippen molar-refractivity contribution in [2.75, 3.05) is 0 Å². The van der Waals surface area contributed by atoms with Gasteiger partial charge in [0.1, 0.15) is 0 Å². The molecule has 0 aromatic heterocycles. The molecular formula is C9H7F3O. The topological polar surface area (TPSA) is 17.1 Å². The second-order valence-corrected chi connectivity index (χ2v) is 2.52. The molecule has 0 aliphatic heterocycles. The molecule has 0 aromatic rings. The molecule has 0 radical (unpaired) electrons. The zero-order valence-electron chi connectivity index (χ0n) is 6.64. The van der Waals surface area contributed by atoms with E-state index in [0.29, 0.717) is 6.42 Å². The molecule has 0 atom stereocenters. The summed E-state index contributed by atoms with van der Waals surface area (Å²) < 4.78 is 35.8. The first kappa shape index (κ1) is 9.77. The molecule has 1 rings (SSSR count). The van der Waals surface area contributed by atoms with Crippen LogP contribution in [-0.2, 0) is 4.79 Å². The van der Waals surface area contributed by atoms with Crippen molar-refractivity contribution >= 4 is 5.78 Å². The second kappa shape index (κ2) is 3.60. The average Bonchev–Trinajstić information content (AvgIpc) is 2.28. The SMILES string of the molecule is O=C(C1=CC=CCC=C1)C(F)(F)F. The Bertz CT molecular complexity index is 294. The van der Waals surface area contributed by atoms with Gasteiger partial charge in [0, 0.05) is 5.57 Å². The molecule has 0 fully saturated rings. The quantitative estimate of drug-likeness (QED) is 0.618. The summed E-state index contributed by atoms with van der Waals surface area (Å²) in [6, 6.07) is 0. The Morgan fingerprint density at radius 1 is 1.31 bits per heavy atom. The minimum absolute atomic E-state index is 0.318. The van der Waals surface area contributed by atoms with E-state index in [1.165, 1.54) is 24.3 Å². The Morgan fingerprint density at radius 2 is 2.00 bits per heavy atom. The fourth-order valence-electron chi connectivity index (χ4n) is 0.894. The van der Waals surface area contributed by atoms with Gasteiger partial charge in [-0.3, -0.25) is 4.79 Å². The molecule has 0 unspecified atom stereocenters. The van der Waals surface area contributed by atoms with Gasteiger partial charge < -0.3 is 0 Å². The van der Waals surface area contributed by atoms with Crippen molar-refractivity contribution in [3.8, 4) is 0 Å². The van der Waals surface area contributed by atoms with Gasteiger partial charge in [0.15, 0.2) is 0 Å². The molecule has 0 bridgehead atoms. The zero-order valence-corrected chi connectivity index (χ0v) is 6.64. The van der Waals surface area contributed by atoms with Crippen LogP contribution in [0.25, 0.3) is 0 Å². The average molecular weight is 188 g/mol. The lowest BCUT2D eigenvalue weighted by Gasteiger charge is -2.04. The lowest BCUT2D eigenvalue weighted by atomic mass is 10.1. The van der Waals surface area contributed by atoms with Gasteiger partial charge in [-0.2, -0.15) is 13.2 Å². The summed E-state index contributed by atoms with van der Waals surface area (Å²) in [6.07, 6.45) is 2.75. The van der Waals surface area contributed by atoms with E-state index in [4.69, 9.17) is 0 Å². The summed E-state index contributed by atoms with van der Waals surface area (Å²) in [6.45, 7) is 0. The van der Waals surface area contributed by atoms with Crippen molar-refractivity contribution in [1.82, 2.24) is 0 Å². The molecule has 0 N–H and O–H groups in total. The molecule has 13 heavy (non-hydrogen) atoms. The van der Waals surface area contributed by atoms with Crippen molar-refractivity contribution < 1.29 is 18.0 Å². The molecule has 1 aliphatic carbocycles. The third-order valence-corrected chi connectivity index (χ3v) is 1.50. The van der Waals surface area contributed by atoms with Crippen LogP contribution >= 0.6 is 0 Å². The highest BCUT2D eigenvalue weighted by Gasteiger charge is 2.39. The number of carbonyl (C=O) groups excluding carboxylic acids is 1. The number of carbonyl (C=O) groups is 1. The van der Waals surface area contributed by atoms with Crippen molar-refractivity contribution in [1.29, 1.82) is 0 Å². The summed E-state index contributed by atoms with van der Waals surface area (Å²) in [7, 11) is 0. The van der Waals surface area contributed by atoms with E-state index in [9.17, 15) is 18.0 Å². The van der Waals surface area contributed by atoms with E-state index >= 15 is 0 Å². The number of allylic oxidation sites excluding steroid dienone is 6. The second-order valence-electron chi connectivity index (χ2n) is 2.52. The van der Waals surface area contributed by atoms with Crippen LogP contribution in [0.4, 0.5) is 13.2 Å². The maximum Gasteiger partial charge on any atom is 0.454 e. The van der Waals surface area contributed by atoms with Crippen molar-refractivity contribution in [3.63, 3.8) is 0 Å². The molecule has 0 saturated carbocycles. The fraction of sp³-hybridized carbons (Fsp3) is 0.222. The van der Waals surface area contributed by atoms with E-state index < -0.39 is 12.0 Å². The lowest BCUT2D eigenvalue weighted by molar-refractivity contribution is -0.166. The van der Waals surface area contributed by atoms with Crippen LogP contribution in [-0.4, -0.2) is 12.0 Å². The molecule has 0 saturated heterocycles. The zero-order chi connectivity index (χ0) is 9.90. The number of hydrogen-bond donors (Lipinski definition) is 0. The summed E-state index contributed by atoms with van der Waals surface area (Å²) in [4.78, 5) is 10.7. The number of rotatable bonds is 1. The van der Waals surface area contributed by atoms with Crippen LogP contribution in [0.15, 0.2) is 36.0 Å². The van der Waals surface area contributed by atoms with Gasteiger partial charge in [0.25, 0.3) is 5.78 Å². The Hall–Kier alpha value is -1.32. The first-order valence-corrected chi connectivity index (χ1v) is 3.66. The van der Waals surface area contributed by atoms with Gasteiger partial charge in [-0.1, -0.05) is 30.4 Å². The molecule has 1 aliphatic rings. The van der Waals surface area contributed by atoms with E-state index in [1.54, 1.807) is 6.08 Å². The van der Waals surface area contributed by atoms with Gasteiger partial charge in [-0.15, -0.1) is 0 Å². The number of halogens is 3. The highest BCUT2D eigenvalue weighted by molar-refractivity contribution is 6.02. The number of alkyl halides is 3. The van der Waals surface area contributed by atoms with Crippen molar-refractivity contribution in [2.24, 2.45) is 0 Å². The molecule has 0 spiro atoms. The van der Waals surface area contributed by atoms with Gasteiger partial charge in [-0.05, 0) is 6.42 Å². The number of hydrogen-bond acceptors (Lipinski definition) is 1. The van der Waals surface area contributed by atoms with Crippen LogP contribution < -0.4 is 0 Å². The predicted molar refractivity (Wildman–Crippen MR) is 42.0 cm³/mol. The van der Waals surface area contributed by atoms with Crippen LogP contribution in [0.3, 0.4) is 0 Å². The molecule has 0 amide bonds. The fourth-order valence-corrected chi connectivity index (χ4v) is 0.894. The maximum absolute atomic E-state index is 11.9. The Kier molecular flexibility index (Phi) is 2.70. The van der Waals surface area contributed by atoms with Crippen LogP contribution in [0, 0.1) is 0 Å². The van der Waals surface area contributed by atoms with Gasteiger partial charge in [-0.25, -0.2) is 0 Å². The Labute approximate surface area is 73.2 Å². The van der Waals surface area contributed by atoms with E-state index in [2.05, 4.69) is 0 Å². The third-order valence-electron chi connectivity index (χ3n) is 1.50. The minimum Gasteiger partial charge on any atom is -0.284 e. The minimum atomic E-state index is -4.78. The molecule has 4 heteroatoms.